The number of nitrogens with one attached hydrogen (secondary N) is 1. The maximum Gasteiger partial charge on any atom is 0.0616 e. The standard InChI is InChI=1S/C11H25NO2/c1-4-5-10(2)8-12-11(6-7-13)9-14-3/h10-13H,4-9H2,1-3H3. The highest BCUT2D eigenvalue weighted by Gasteiger charge is 2.08. The summed E-state index contributed by atoms with van der Waals surface area (Å²) in [5.41, 5.74) is 0. The van der Waals surface area contributed by atoms with Gasteiger partial charge in [0, 0.05) is 19.8 Å². The summed E-state index contributed by atoms with van der Waals surface area (Å²) in [7, 11) is 1.70. The lowest BCUT2D eigenvalue weighted by molar-refractivity contribution is 0.146. The first kappa shape index (κ1) is 13.9. The highest BCUT2D eigenvalue weighted by molar-refractivity contribution is 4.67. The summed E-state index contributed by atoms with van der Waals surface area (Å²) in [4.78, 5) is 0. The molecule has 3 heteroatoms. The molecule has 0 fully saturated rings. The minimum absolute atomic E-state index is 0.225. The van der Waals surface area contributed by atoms with E-state index < -0.39 is 0 Å². The van der Waals surface area contributed by atoms with E-state index in [1.54, 1.807) is 7.11 Å². The molecule has 0 aliphatic carbocycles. The van der Waals surface area contributed by atoms with E-state index in [0.717, 1.165) is 13.0 Å². The topological polar surface area (TPSA) is 41.5 Å². The average molecular weight is 203 g/mol. The first-order valence-corrected chi connectivity index (χ1v) is 5.57. The van der Waals surface area contributed by atoms with Crippen LogP contribution in [0.1, 0.15) is 33.1 Å². The molecule has 0 aliphatic rings. The second kappa shape index (κ2) is 9.44. The van der Waals surface area contributed by atoms with Gasteiger partial charge in [0.25, 0.3) is 0 Å². The fourth-order valence-corrected chi connectivity index (χ4v) is 1.56. The zero-order valence-electron chi connectivity index (χ0n) is 9.75. The van der Waals surface area contributed by atoms with Gasteiger partial charge in [-0.25, -0.2) is 0 Å². The summed E-state index contributed by atoms with van der Waals surface area (Å²) in [5, 5.41) is 12.3. The molecule has 0 heterocycles. The average Bonchev–Trinajstić information content (AvgIpc) is 2.15. The molecule has 0 saturated carbocycles. The molecule has 0 aromatic rings. The van der Waals surface area contributed by atoms with Gasteiger partial charge in [-0.2, -0.15) is 0 Å². The molecule has 2 unspecified atom stereocenters. The van der Waals surface area contributed by atoms with E-state index in [1.807, 2.05) is 0 Å². The maximum atomic E-state index is 8.84. The van der Waals surface area contributed by atoms with Crippen LogP contribution in [0.15, 0.2) is 0 Å². The van der Waals surface area contributed by atoms with Gasteiger partial charge in [-0.1, -0.05) is 20.3 Å². The summed E-state index contributed by atoms with van der Waals surface area (Å²) in [6, 6.07) is 0.296. The van der Waals surface area contributed by atoms with Gasteiger partial charge < -0.3 is 15.2 Å². The van der Waals surface area contributed by atoms with Crippen LogP contribution in [0.2, 0.25) is 0 Å². The minimum Gasteiger partial charge on any atom is -0.396 e. The second-order valence-electron chi connectivity index (χ2n) is 3.97. The van der Waals surface area contributed by atoms with Gasteiger partial charge >= 0.3 is 0 Å². The van der Waals surface area contributed by atoms with E-state index >= 15 is 0 Å². The molecule has 0 radical (unpaired) electrons. The van der Waals surface area contributed by atoms with Crippen molar-refractivity contribution in [1.82, 2.24) is 5.32 Å². The highest BCUT2D eigenvalue weighted by Crippen LogP contribution is 2.04. The van der Waals surface area contributed by atoms with Gasteiger partial charge in [-0.3, -0.25) is 0 Å². The third kappa shape index (κ3) is 7.30. The Bertz CT molecular complexity index is 114. The summed E-state index contributed by atoms with van der Waals surface area (Å²) in [6.45, 7) is 6.38. The Morgan fingerprint density at radius 2 is 2.07 bits per heavy atom. The molecule has 86 valence electrons. The van der Waals surface area contributed by atoms with Crippen LogP contribution in [0.4, 0.5) is 0 Å². The van der Waals surface area contributed by atoms with E-state index in [1.165, 1.54) is 12.8 Å². The Morgan fingerprint density at radius 1 is 1.36 bits per heavy atom. The van der Waals surface area contributed by atoms with Crippen LogP contribution in [0.3, 0.4) is 0 Å². The van der Waals surface area contributed by atoms with Crippen molar-refractivity contribution in [3.8, 4) is 0 Å². The number of aliphatic hydroxyl groups is 1. The fourth-order valence-electron chi connectivity index (χ4n) is 1.56. The summed E-state index contributed by atoms with van der Waals surface area (Å²) in [6.07, 6.45) is 3.26. The summed E-state index contributed by atoms with van der Waals surface area (Å²) in [5.74, 6) is 0.707. The van der Waals surface area contributed by atoms with Crippen molar-refractivity contribution in [2.75, 3.05) is 26.9 Å². The predicted octanol–water partition coefficient (Wildman–Crippen LogP) is 1.41. The fraction of sp³-hybridized carbons (Fsp3) is 1.00. The normalized spacial score (nSPS) is 15.4. The molecular weight excluding hydrogens is 178 g/mol. The van der Waals surface area contributed by atoms with Gasteiger partial charge in [0.05, 0.1) is 6.61 Å². The van der Waals surface area contributed by atoms with Gasteiger partial charge in [0.15, 0.2) is 0 Å². The smallest absolute Gasteiger partial charge is 0.0616 e. The molecular formula is C11H25NO2. The number of methoxy groups -OCH3 is 1. The van der Waals surface area contributed by atoms with E-state index in [-0.39, 0.29) is 6.61 Å². The molecule has 0 saturated heterocycles. The number of ether oxygens (including phenoxy) is 1. The molecule has 3 nitrogen and oxygen atoms in total. The van der Waals surface area contributed by atoms with E-state index in [2.05, 4.69) is 19.2 Å². The second-order valence-corrected chi connectivity index (χ2v) is 3.97. The number of hydrogen-bond acceptors (Lipinski definition) is 3. The van der Waals surface area contributed by atoms with Crippen LogP contribution in [0.25, 0.3) is 0 Å². The summed E-state index contributed by atoms with van der Waals surface area (Å²) >= 11 is 0. The molecule has 14 heavy (non-hydrogen) atoms. The monoisotopic (exact) mass is 203 g/mol. The molecule has 2 atom stereocenters. The van der Waals surface area contributed by atoms with E-state index in [0.29, 0.717) is 18.6 Å². The molecule has 0 aromatic carbocycles. The first-order chi connectivity index (χ1) is 6.74. The Labute approximate surface area is 87.8 Å². The van der Waals surface area contributed by atoms with Crippen molar-refractivity contribution in [2.24, 2.45) is 5.92 Å². The summed E-state index contributed by atoms with van der Waals surface area (Å²) < 4.78 is 5.08. The number of aliphatic hydroxyl groups excluding tert-OH is 1. The molecule has 0 bridgehead atoms. The molecule has 0 spiro atoms. The molecule has 0 aliphatic heterocycles. The van der Waals surface area contributed by atoms with Crippen molar-refractivity contribution in [2.45, 2.75) is 39.2 Å². The SMILES string of the molecule is CCCC(C)CNC(CCO)COC. The quantitative estimate of drug-likeness (QED) is 0.595. The Kier molecular flexibility index (Phi) is 9.35. The van der Waals surface area contributed by atoms with Gasteiger partial charge in [-0.05, 0) is 25.3 Å². The Balaban J connectivity index is 3.57. The largest absolute Gasteiger partial charge is 0.396 e. The molecule has 0 rings (SSSR count). The van der Waals surface area contributed by atoms with E-state index in [4.69, 9.17) is 9.84 Å². The third-order valence-electron chi connectivity index (χ3n) is 2.38. The number of hydrogen-bond donors (Lipinski definition) is 2. The lowest BCUT2D eigenvalue weighted by atomic mass is 10.1. The number of rotatable bonds is 9. The lowest BCUT2D eigenvalue weighted by Crippen LogP contribution is -2.36. The zero-order chi connectivity index (χ0) is 10.8. The molecule has 0 amide bonds. The van der Waals surface area contributed by atoms with Crippen LogP contribution in [0.5, 0.6) is 0 Å². The predicted molar refractivity (Wildman–Crippen MR) is 59.4 cm³/mol. The lowest BCUT2D eigenvalue weighted by Gasteiger charge is -2.19. The van der Waals surface area contributed by atoms with Gasteiger partial charge in [0.1, 0.15) is 0 Å². The first-order valence-electron chi connectivity index (χ1n) is 5.57. The van der Waals surface area contributed by atoms with Gasteiger partial charge in [-0.15, -0.1) is 0 Å². The zero-order valence-corrected chi connectivity index (χ0v) is 9.75. The van der Waals surface area contributed by atoms with Crippen molar-refractivity contribution in [3.05, 3.63) is 0 Å². The molecule has 0 aromatic heterocycles. The van der Waals surface area contributed by atoms with Gasteiger partial charge in [0.2, 0.25) is 0 Å². The van der Waals surface area contributed by atoms with Crippen LogP contribution < -0.4 is 5.32 Å². The van der Waals surface area contributed by atoms with E-state index in [9.17, 15) is 0 Å². The van der Waals surface area contributed by atoms with Crippen molar-refractivity contribution < 1.29 is 9.84 Å². The van der Waals surface area contributed by atoms with Crippen molar-refractivity contribution >= 4 is 0 Å². The van der Waals surface area contributed by atoms with Crippen LogP contribution in [-0.4, -0.2) is 38.0 Å². The van der Waals surface area contributed by atoms with Crippen LogP contribution in [0, 0.1) is 5.92 Å². The van der Waals surface area contributed by atoms with Crippen molar-refractivity contribution in [1.29, 1.82) is 0 Å². The highest BCUT2D eigenvalue weighted by atomic mass is 16.5. The maximum absolute atomic E-state index is 8.84. The minimum atomic E-state index is 0.225. The van der Waals surface area contributed by atoms with Crippen LogP contribution >= 0.6 is 0 Å². The van der Waals surface area contributed by atoms with Crippen molar-refractivity contribution in [3.63, 3.8) is 0 Å². The Morgan fingerprint density at radius 3 is 2.57 bits per heavy atom. The Hall–Kier alpha value is -0.120. The third-order valence-corrected chi connectivity index (χ3v) is 2.38. The molecule has 2 N–H and O–H groups in total. The van der Waals surface area contributed by atoms with Crippen LogP contribution in [-0.2, 0) is 4.74 Å².